The highest BCUT2D eigenvalue weighted by Gasteiger charge is 2.29. The van der Waals surface area contributed by atoms with E-state index < -0.39 is 0 Å². The minimum absolute atomic E-state index is 0.0106. The molecule has 5 heteroatoms. The van der Waals surface area contributed by atoms with E-state index in [0.717, 1.165) is 15.7 Å². The molecule has 0 saturated heterocycles. The molecule has 2 aromatic carbocycles. The molecule has 1 atom stereocenters. The van der Waals surface area contributed by atoms with Crippen molar-refractivity contribution in [3.63, 3.8) is 0 Å². The maximum absolute atomic E-state index is 9.65. The van der Waals surface area contributed by atoms with Crippen LogP contribution in [0.25, 0.3) is 0 Å². The van der Waals surface area contributed by atoms with Gasteiger partial charge in [-0.15, -0.1) is 0 Å². The van der Waals surface area contributed by atoms with E-state index in [0.29, 0.717) is 12.5 Å². The molecule has 0 aromatic heterocycles. The van der Waals surface area contributed by atoms with E-state index in [2.05, 4.69) is 20.9 Å². The Labute approximate surface area is 125 Å². The summed E-state index contributed by atoms with van der Waals surface area (Å²) >= 11 is 3.47. The van der Waals surface area contributed by atoms with Crippen molar-refractivity contribution in [1.29, 1.82) is 0 Å². The van der Waals surface area contributed by atoms with Gasteiger partial charge in [0.05, 0.1) is 12.6 Å². The normalized spacial score (nSPS) is 18.1. The third-order valence-corrected chi connectivity index (χ3v) is 3.82. The molecule has 1 unspecified atom stereocenters. The Kier molecular flexibility index (Phi) is 3.36. The van der Waals surface area contributed by atoms with Crippen LogP contribution in [0.4, 0.5) is 5.69 Å². The van der Waals surface area contributed by atoms with Gasteiger partial charge in [0.2, 0.25) is 0 Å². The fourth-order valence-corrected chi connectivity index (χ4v) is 2.81. The molecule has 0 spiro atoms. The summed E-state index contributed by atoms with van der Waals surface area (Å²) in [6.07, 6.45) is 0. The van der Waals surface area contributed by atoms with E-state index in [1.165, 1.54) is 0 Å². The Bertz CT molecular complexity index is 672. The lowest BCUT2D eigenvalue weighted by molar-refractivity contribution is 0.474. The summed E-state index contributed by atoms with van der Waals surface area (Å²) in [7, 11) is 0. The van der Waals surface area contributed by atoms with Gasteiger partial charge in [0.25, 0.3) is 0 Å². The van der Waals surface area contributed by atoms with Crippen molar-refractivity contribution in [3.8, 4) is 5.75 Å². The van der Waals surface area contributed by atoms with E-state index in [4.69, 9.17) is 5.73 Å². The van der Waals surface area contributed by atoms with Gasteiger partial charge in [-0.1, -0.05) is 34.1 Å². The minimum atomic E-state index is 0.0106. The molecule has 1 heterocycles. The number of anilines is 1. The van der Waals surface area contributed by atoms with E-state index in [-0.39, 0.29) is 11.8 Å². The molecular weight excluding hydrogens is 318 g/mol. The van der Waals surface area contributed by atoms with Crippen LogP contribution in [0.15, 0.2) is 58.0 Å². The Morgan fingerprint density at radius 2 is 2.00 bits per heavy atom. The van der Waals surface area contributed by atoms with Crippen molar-refractivity contribution in [1.82, 2.24) is 0 Å². The van der Waals surface area contributed by atoms with Crippen molar-refractivity contribution in [2.45, 2.75) is 6.04 Å². The highest BCUT2D eigenvalue weighted by Crippen LogP contribution is 2.33. The number of hydrogen-bond acceptors (Lipinski definition) is 4. The van der Waals surface area contributed by atoms with Gasteiger partial charge in [-0.05, 0) is 35.9 Å². The summed E-state index contributed by atoms with van der Waals surface area (Å²) in [5.74, 6) is 0.749. The van der Waals surface area contributed by atoms with Crippen LogP contribution in [0.5, 0.6) is 5.75 Å². The van der Waals surface area contributed by atoms with Crippen LogP contribution in [0.3, 0.4) is 0 Å². The maximum Gasteiger partial charge on any atom is 0.196 e. The molecular formula is C15H14BrN3O. The lowest BCUT2D eigenvalue weighted by Crippen LogP contribution is -2.36. The number of rotatable bonds is 2. The summed E-state index contributed by atoms with van der Waals surface area (Å²) in [6.45, 7) is 0.585. The lowest BCUT2D eigenvalue weighted by atomic mass is 10.1. The van der Waals surface area contributed by atoms with Crippen LogP contribution in [-0.4, -0.2) is 17.6 Å². The third-order valence-electron chi connectivity index (χ3n) is 3.33. The van der Waals surface area contributed by atoms with Crippen LogP contribution in [0.1, 0.15) is 11.6 Å². The topological polar surface area (TPSA) is 61.9 Å². The standard InChI is InChI=1S/C15H14BrN3O/c16-11-4-2-5-12(8-11)19-14(9-18-15(19)17)10-3-1-6-13(20)7-10/h1-8,14,20H,9H2,(H2,17,18). The second kappa shape index (κ2) is 5.17. The molecule has 0 aliphatic carbocycles. The van der Waals surface area contributed by atoms with Crippen molar-refractivity contribution in [2.75, 3.05) is 11.4 Å². The fraction of sp³-hybridized carbons (Fsp3) is 0.133. The predicted octanol–water partition coefficient (Wildman–Crippen LogP) is 3.03. The van der Waals surface area contributed by atoms with E-state index in [9.17, 15) is 5.11 Å². The van der Waals surface area contributed by atoms with Crippen LogP contribution in [0.2, 0.25) is 0 Å². The van der Waals surface area contributed by atoms with Gasteiger partial charge < -0.3 is 15.7 Å². The van der Waals surface area contributed by atoms with Gasteiger partial charge in [-0.2, -0.15) is 0 Å². The zero-order chi connectivity index (χ0) is 14.1. The largest absolute Gasteiger partial charge is 0.508 e. The first-order valence-corrected chi connectivity index (χ1v) is 7.08. The first-order valence-electron chi connectivity index (χ1n) is 6.29. The quantitative estimate of drug-likeness (QED) is 0.889. The van der Waals surface area contributed by atoms with Crippen molar-refractivity contribution < 1.29 is 5.11 Å². The Morgan fingerprint density at radius 3 is 2.75 bits per heavy atom. The van der Waals surface area contributed by atoms with E-state index >= 15 is 0 Å². The number of aliphatic imine (C=N–C) groups is 1. The number of nitrogens with two attached hydrogens (primary N) is 1. The zero-order valence-corrected chi connectivity index (χ0v) is 12.3. The number of aromatic hydroxyl groups is 1. The third kappa shape index (κ3) is 2.36. The van der Waals surface area contributed by atoms with Crippen molar-refractivity contribution >= 4 is 27.6 Å². The maximum atomic E-state index is 9.65. The van der Waals surface area contributed by atoms with Gasteiger partial charge in [0.15, 0.2) is 5.96 Å². The van der Waals surface area contributed by atoms with Gasteiger partial charge in [-0.3, -0.25) is 4.99 Å². The van der Waals surface area contributed by atoms with Gasteiger partial charge in [0.1, 0.15) is 5.75 Å². The van der Waals surface area contributed by atoms with Crippen LogP contribution in [0, 0.1) is 0 Å². The second-order valence-electron chi connectivity index (χ2n) is 4.66. The SMILES string of the molecule is NC1=NCC(c2cccc(O)c2)N1c1cccc(Br)c1. The Morgan fingerprint density at radius 1 is 1.20 bits per heavy atom. The molecule has 0 radical (unpaired) electrons. The summed E-state index contributed by atoms with van der Waals surface area (Å²) in [5.41, 5.74) is 8.00. The number of guanidine groups is 1. The lowest BCUT2D eigenvalue weighted by Gasteiger charge is -2.26. The molecule has 0 amide bonds. The summed E-state index contributed by atoms with van der Waals surface area (Å²) in [4.78, 5) is 6.32. The smallest absolute Gasteiger partial charge is 0.196 e. The Balaban J connectivity index is 2.00. The highest BCUT2D eigenvalue weighted by molar-refractivity contribution is 9.10. The molecule has 3 rings (SSSR count). The van der Waals surface area contributed by atoms with Crippen LogP contribution in [-0.2, 0) is 0 Å². The first kappa shape index (κ1) is 13.0. The summed E-state index contributed by atoms with van der Waals surface area (Å²) in [5, 5.41) is 9.65. The summed E-state index contributed by atoms with van der Waals surface area (Å²) < 4.78 is 0.990. The Hall–Kier alpha value is -2.01. The summed E-state index contributed by atoms with van der Waals surface area (Å²) in [6, 6.07) is 15.2. The first-order chi connectivity index (χ1) is 9.65. The van der Waals surface area contributed by atoms with Crippen LogP contribution < -0.4 is 10.6 Å². The molecule has 4 nitrogen and oxygen atoms in total. The van der Waals surface area contributed by atoms with Crippen molar-refractivity contribution in [3.05, 3.63) is 58.6 Å². The zero-order valence-electron chi connectivity index (χ0n) is 10.7. The van der Waals surface area contributed by atoms with Gasteiger partial charge in [0, 0.05) is 10.2 Å². The molecule has 0 saturated carbocycles. The van der Waals surface area contributed by atoms with Crippen molar-refractivity contribution in [2.24, 2.45) is 10.7 Å². The average Bonchev–Trinajstić information content (AvgIpc) is 2.80. The molecule has 102 valence electrons. The van der Waals surface area contributed by atoms with Gasteiger partial charge >= 0.3 is 0 Å². The minimum Gasteiger partial charge on any atom is -0.508 e. The average molecular weight is 332 g/mol. The number of phenols is 1. The number of nitrogens with zero attached hydrogens (tertiary/aromatic N) is 2. The second-order valence-corrected chi connectivity index (χ2v) is 5.58. The molecule has 20 heavy (non-hydrogen) atoms. The van der Waals surface area contributed by atoms with E-state index in [1.54, 1.807) is 12.1 Å². The van der Waals surface area contributed by atoms with E-state index in [1.807, 2.05) is 41.3 Å². The molecule has 1 aliphatic rings. The number of benzene rings is 2. The molecule has 0 bridgehead atoms. The number of halogens is 1. The monoisotopic (exact) mass is 331 g/mol. The van der Waals surface area contributed by atoms with Gasteiger partial charge in [-0.25, -0.2) is 0 Å². The highest BCUT2D eigenvalue weighted by atomic mass is 79.9. The molecule has 1 aliphatic heterocycles. The molecule has 2 aromatic rings. The number of phenolic OH excluding ortho intramolecular Hbond substituents is 1. The predicted molar refractivity (Wildman–Crippen MR) is 84.0 cm³/mol. The molecule has 0 fully saturated rings. The number of hydrogen-bond donors (Lipinski definition) is 2. The molecule has 3 N–H and O–H groups in total. The van der Waals surface area contributed by atoms with Crippen LogP contribution >= 0.6 is 15.9 Å². The fourth-order valence-electron chi connectivity index (χ4n) is 2.42.